The molecule has 1 atom stereocenters. The molecule has 0 radical (unpaired) electrons. The van der Waals surface area contributed by atoms with Gasteiger partial charge in [-0.05, 0) is 12.8 Å². The van der Waals surface area contributed by atoms with Crippen molar-refractivity contribution in [2.45, 2.75) is 18.9 Å². The normalized spacial score (nSPS) is 10.0. The van der Waals surface area contributed by atoms with Crippen molar-refractivity contribution >= 4 is 30.1 Å². The fourth-order valence-corrected chi connectivity index (χ4v) is 1.20. The molecule has 20 heavy (non-hydrogen) atoms. The van der Waals surface area contributed by atoms with E-state index in [4.69, 9.17) is 11.5 Å². The van der Waals surface area contributed by atoms with Crippen LogP contribution < -0.4 is 11.5 Å². The summed E-state index contributed by atoms with van der Waals surface area (Å²) in [5.74, 6) is -1.12. The number of nitrogens with two attached hydrogens (primary N) is 2. The molecule has 0 saturated carbocycles. The summed E-state index contributed by atoms with van der Waals surface area (Å²) in [6.07, 6.45) is 3.57. The highest BCUT2D eigenvalue weighted by molar-refractivity contribution is 5.86. The van der Waals surface area contributed by atoms with E-state index >= 15 is 0 Å². The van der Waals surface area contributed by atoms with Crippen LogP contribution in [0.25, 0.3) is 0 Å². The van der Waals surface area contributed by atoms with Gasteiger partial charge in [-0.1, -0.05) is 10.2 Å². The second kappa shape index (κ2) is 9.86. The van der Waals surface area contributed by atoms with E-state index in [0.717, 1.165) is 18.2 Å². The van der Waals surface area contributed by atoms with E-state index in [2.05, 4.69) is 20.2 Å². The van der Waals surface area contributed by atoms with Gasteiger partial charge in [-0.2, -0.15) is 0 Å². The Bertz CT molecular complexity index is 490. The van der Waals surface area contributed by atoms with Gasteiger partial charge in [0.2, 0.25) is 6.08 Å². The van der Waals surface area contributed by atoms with Crippen molar-refractivity contribution in [2.24, 2.45) is 31.7 Å². The molecule has 0 fully saturated rings. The fourth-order valence-electron chi connectivity index (χ4n) is 1.20. The zero-order valence-corrected chi connectivity index (χ0v) is 10.2. The van der Waals surface area contributed by atoms with Gasteiger partial charge in [0.15, 0.2) is 12.0 Å². The summed E-state index contributed by atoms with van der Waals surface area (Å²) in [5.41, 5.74) is 10.2. The number of hydrazone groups is 2. The van der Waals surface area contributed by atoms with E-state index in [0.29, 0.717) is 5.12 Å². The number of aliphatic imine (C=N–C) groups is 2. The second-order valence-electron chi connectivity index (χ2n) is 3.21. The summed E-state index contributed by atoms with van der Waals surface area (Å²) < 4.78 is 0. The number of carbonyl (C=O) groups excluding carboxylic acids is 4. The summed E-state index contributed by atoms with van der Waals surface area (Å²) >= 11 is 0. The number of carbonyl (C=O) groups is 1. The molecule has 0 rings (SSSR count). The molecule has 0 aromatic heterocycles. The lowest BCUT2D eigenvalue weighted by Gasteiger charge is -2.17. The maximum Gasteiger partial charge on any atom is 0.283 e. The molecular formula is C9H11N7O4. The number of isocyanates is 3. The number of nitrogens with zero attached hydrogens (tertiary/aromatic N) is 5. The van der Waals surface area contributed by atoms with Gasteiger partial charge in [-0.3, -0.25) is 9.79 Å². The van der Waals surface area contributed by atoms with Gasteiger partial charge in [-0.25, -0.2) is 14.4 Å². The Kier molecular flexibility index (Phi) is 8.33. The quantitative estimate of drug-likeness (QED) is 0.171. The highest BCUT2D eigenvalue weighted by Crippen LogP contribution is 2.10. The van der Waals surface area contributed by atoms with Crippen molar-refractivity contribution in [3.63, 3.8) is 0 Å². The molecule has 11 nitrogen and oxygen atoms in total. The van der Waals surface area contributed by atoms with Gasteiger partial charge < -0.3 is 11.5 Å². The van der Waals surface area contributed by atoms with Crippen molar-refractivity contribution in [3.05, 3.63) is 0 Å². The summed E-state index contributed by atoms with van der Waals surface area (Å²) in [4.78, 5) is 48.5. The lowest BCUT2D eigenvalue weighted by molar-refractivity contribution is -0.123. The zero-order valence-electron chi connectivity index (χ0n) is 10.2. The predicted octanol–water partition coefficient (Wildman–Crippen LogP) is -1.93. The summed E-state index contributed by atoms with van der Waals surface area (Å²) in [5, 5.41) is 6.53. The zero-order chi connectivity index (χ0) is 15.4. The largest absolute Gasteiger partial charge is 0.370 e. The number of hydrogen-bond acceptors (Lipinski definition) is 8. The number of amides is 1. The molecule has 0 aromatic rings. The van der Waals surface area contributed by atoms with E-state index in [1.54, 1.807) is 0 Å². The van der Waals surface area contributed by atoms with Crippen molar-refractivity contribution in [3.8, 4) is 0 Å². The second-order valence-corrected chi connectivity index (χ2v) is 3.21. The Labute approximate surface area is 112 Å². The molecule has 0 unspecified atom stereocenters. The molecule has 0 aliphatic carbocycles. The lowest BCUT2D eigenvalue weighted by Crippen LogP contribution is -2.33. The molecule has 0 saturated heterocycles. The molecule has 0 bridgehead atoms. The van der Waals surface area contributed by atoms with Crippen LogP contribution in [0, 0.1) is 0 Å². The summed E-state index contributed by atoms with van der Waals surface area (Å²) in [6, 6.07) is -1.26. The van der Waals surface area contributed by atoms with E-state index in [1.807, 2.05) is 0 Å². The Morgan fingerprint density at radius 2 is 1.70 bits per heavy atom. The maximum absolute atomic E-state index is 11.5. The molecule has 0 spiro atoms. The van der Waals surface area contributed by atoms with E-state index in [-0.39, 0.29) is 25.3 Å². The minimum absolute atomic E-state index is 0.0250. The molecule has 0 aliphatic heterocycles. The summed E-state index contributed by atoms with van der Waals surface area (Å²) in [7, 11) is 0. The maximum atomic E-state index is 11.5. The Morgan fingerprint density at radius 3 is 2.15 bits per heavy atom. The van der Waals surface area contributed by atoms with Gasteiger partial charge in [-0.15, -0.1) is 10.1 Å². The van der Waals surface area contributed by atoms with E-state index in [9.17, 15) is 19.2 Å². The van der Waals surface area contributed by atoms with Crippen LogP contribution in [-0.4, -0.2) is 47.8 Å². The highest BCUT2D eigenvalue weighted by atomic mass is 16.2. The third-order valence-corrected chi connectivity index (χ3v) is 1.94. The van der Waals surface area contributed by atoms with E-state index < -0.39 is 11.9 Å². The minimum Gasteiger partial charge on any atom is -0.370 e. The van der Waals surface area contributed by atoms with Crippen molar-refractivity contribution in [1.82, 2.24) is 5.12 Å². The van der Waals surface area contributed by atoms with Crippen LogP contribution in [0.15, 0.2) is 20.2 Å². The Hall–Kier alpha value is -3.12. The van der Waals surface area contributed by atoms with Crippen LogP contribution in [0.2, 0.25) is 0 Å². The smallest absolute Gasteiger partial charge is 0.283 e. The average Bonchev–Trinajstić information content (AvgIpc) is 2.38. The van der Waals surface area contributed by atoms with Crippen LogP contribution >= 0.6 is 0 Å². The molecule has 11 heteroatoms. The molecule has 106 valence electrons. The molecule has 1 amide bonds. The Morgan fingerprint density at radius 1 is 1.10 bits per heavy atom. The van der Waals surface area contributed by atoms with Gasteiger partial charge in [0.05, 0.1) is 0 Å². The lowest BCUT2D eigenvalue weighted by atomic mass is 10.1. The average molecular weight is 281 g/mol. The number of hydrogen-bond donors (Lipinski definition) is 2. The minimum atomic E-state index is -1.26. The van der Waals surface area contributed by atoms with Gasteiger partial charge >= 0.3 is 0 Å². The van der Waals surface area contributed by atoms with Crippen molar-refractivity contribution in [2.75, 3.05) is 6.54 Å². The first-order valence-corrected chi connectivity index (χ1v) is 5.18. The first-order chi connectivity index (χ1) is 9.56. The number of rotatable bonds is 8. The molecule has 0 heterocycles. The standard InChI is InChI=1S/C9H11N7O4/c10-9(11)12-3-1-2-7(8(20)13-4-17)16(14-5-18)15-6-19/h7H,1-3H2,(H4,10,11,12)/t7-/m0/s1. The van der Waals surface area contributed by atoms with Crippen LogP contribution in [0.1, 0.15) is 12.8 Å². The van der Waals surface area contributed by atoms with Crippen LogP contribution in [-0.2, 0) is 19.2 Å². The first-order valence-electron chi connectivity index (χ1n) is 5.18. The molecule has 0 aromatic carbocycles. The Balaban J connectivity index is 5.00. The first kappa shape index (κ1) is 16.9. The van der Waals surface area contributed by atoms with Crippen LogP contribution in [0.5, 0.6) is 0 Å². The third-order valence-electron chi connectivity index (χ3n) is 1.94. The van der Waals surface area contributed by atoms with Gasteiger partial charge in [0, 0.05) is 6.54 Å². The molecule has 0 aliphatic rings. The topological polar surface area (TPSA) is 173 Å². The van der Waals surface area contributed by atoms with Crippen LogP contribution in [0.3, 0.4) is 0 Å². The van der Waals surface area contributed by atoms with Gasteiger partial charge in [0.1, 0.15) is 0 Å². The monoisotopic (exact) mass is 281 g/mol. The van der Waals surface area contributed by atoms with Gasteiger partial charge in [0.25, 0.3) is 18.1 Å². The molecule has 4 N–H and O–H groups in total. The SMILES string of the molecule is NC(N)=NCCC[C@@H](C(=O)N=C=O)N(N=C=O)N=C=O. The fraction of sp³-hybridized carbons (Fsp3) is 0.444. The highest BCUT2D eigenvalue weighted by Gasteiger charge is 2.25. The van der Waals surface area contributed by atoms with Crippen LogP contribution in [0.4, 0.5) is 0 Å². The predicted molar refractivity (Wildman–Crippen MR) is 64.9 cm³/mol. The summed E-state index contributed by atoms with van der Waals surface area (Å²) in [6.45, 7) is 0.181. The van der Waals surface area contributed by atoms with E-state index in [1.165, 1.54) is 0 Å². The molecular weight excluding hydrogens is 270 g/mol. The number of guanidine groups is 1. The third kappa shape index (κ3) is 6.58. The van der Waals surface area contributed by atoms with Crippen molar-refractivity contribution in [1.29, 1.82) is 0 Å². The van der Waals surface area contributed by atoms with Crippen molar-refractivity contribution < 1.29 is 19.2 Å².